The average Bonchev–Trinajstić information content (AvgIpc) is 2.43. The van der Waals surface area contributed by atoms with E-state index in [1.807, 2.05) is 0 Å². The zero-order valence-electron chi connectivity index (χ0n) is 15.2. The smallest absolute Gasteiger partial charge is 0.0790 e. The number of alkyl halides is 2. The molecule has 0 heterocycles. The number of unbranched alkanes of at least 4 members (excludes halogenated alkanes) is 1. The number of nitrogens with zero attached hydrogens (tertiary/aromatic N) is 3. The van der Waals surface area contributed by atoms with E-state index in [0.29, 0.717) is 3.55 Å². The highest BCUT2D eigenvalue weighted by atomic mass is 127. The van der Waals surface area contributed by atoms with E-state index in [2.05, 4.69) is 137 Å². The quantitative estimate of drug-likeness (QED) is 0.0915. The second-order valence-electron chi connectivity index (χ2n) is 6.84. The molecule has 0 aromatic carbocycles. The van der Waals surface area contributed by atoms with Gasteiger partial charge in [-0.2, -0.15) is 0 Å². The molecule has 0 radical (unpaired) electrons. The monoisotopic (exact) mass is 775 g/mol. The maximum absolute atomic E-state index is 2.62. The van der Waals surface area contributed by atoms with Crippen molar-refractivity contribution in [3.05, 3.63) is 0 Å². The van der Waals surface area contributed by atoms with E-state index < -0.39 is 0 Å². The van der Waals surface area contributed by atoms with Gasteiger partial charge >= 0.3 is 0 Å². The summed E-state index contributed by atoms with van der Waals surface area (Å²) in [6, 6.07) is 0. The first-order chi connectivity index (χ1) is 10.5. The van der Waals surface area contributed by atoms with Gasteiger partial charge in [0.1, 0.15) is 0 Å². The third kappa shape index (κ3) is 12.7. The molecular formula is C16H33I4N3. The van der Waals surface area contributed by atoms with Gasteiger partial charge in [-0.05, 0) is 60.2 Å². The van der Waals surface area contributed by atoms with Crippen LogP contribution in [0.3, 0.4) is 0 Å². The van der Waals surface area contributed by atoms with Crippen molar-refractivity contribution in [2.24, 2.45) is 0 Å². The van der Waals surface area contributed by atoms with Gasteiger partial charge in [0.15, 0.2) is 0 Å². The summed E-state index contributed by atoms with van der Waals surface area (Å²) in [6.07, 6.45) is 6.36. The standard InChI is InChI=1S/C16H33I4N3/c1-6-7-10-16(4,18)23(20)14-9-12-21(5)11-8-13-22(19)15(2,3)17/h6-14H2,1-5H3. The van der Waals surface area contributed by atoms with Crippen molar-refractivity contribution in [2.45, 2.75) is 66.9 Å². The summed E-state index contributed by atoms with van der Waals surface area (Å²) in [7, 11) is 2.25. The van der Waals surface area contributed by atoms with Crippen LogP contribution in [0.1, 0.15) is 59.8 Å². The molecule has 0 bridgehead atoms. The SMILES string of the molecule is CCCCC(C)(I)N(I)CCCN(C)CCCN(I)C(C)(C)I. The summed E-state index contributed by atoms with van der Waals surface area (Å²) in [5, 5.41) is 0. The molecular weight excluding hydrogens is 742 g/mol. The highest BCUT2D eigenvalue weighted by Gasteiger charge is 2.25. The van der Waals surface area contributed by atoms with Crippen molar-refractivity contribution >= 4 is 90.9 Å². The molecule has 0 amide bonds. The Labute approximate surface area is 199 Å². The molecule has 3 nitrogen and oxygen atoms in total. The molecule has 0 aliphatic rings. The zero-order valence-corrected chi connectivity index (χ0v) is 23.8. The first kappa shape index (κ1) is 25.8. The molecule has 0 aliphatic heterocycles. The normalized spacial score (nSPS) is 15.7. The van der Waals surface area contributed by atoms with Gasteiger partial charge in [-0.1, -0.05) is 64.9 Å². The van der Waals surface area contributed by atoms with E-state index >= 15 is 0 Å². The van der Waals surface area contributed by atoms with Gasteiger partial charge in [-0.25, -0.2) is 6.23 Å². The lowest BCUT2D eigenvalue weighted by atomic mass is 10.1. The molecule has 0 spiro atoms. The lowest BCUT2D eigenvalue weighted by Gasteiger charge is -2.32. The van der Waals surface area contributed by atoms with Crippen LogP contribution in [-0.4, -0.2) is 51.4 Å². The molecule has 140 valence electrons. The summed E-state index contributed by atoms with van der Waals surface area (Å²) >= 11 is 10.1. The predicted molar refractivity (Wildman–Crippen MR) is 138 cm³/mol. The van der Waals surface area contributed by atoms with Gasteiger partial charge in [-0.15, -0.1) is 0 Å². The van der Waals surface area contributed by atoms with Crippen LogP contribution in [0.25, 0.3) is 0 Å². The van der Waals surface area contributed by atoms with Crippen LogP contribution in [0.4, 0.5) is 0 Å². The third-order valence-corrected chi connectivity index (χ3v) is 10.6. The van der Waals surface area contributed by atoms with Crippen molar-refractivity contribution in [2.75, 3.05) is 33.2 Å². The third-order valence-electron chi connectivity index (χ3n) is 3.86. The van der Waals surface area contributed by atoms with E-state index in [-0.39, 0.29) is 3.55 Å². The molecule has 1 atom stereocenters. The molecule has 0 N–H and O–H groups in total. The maximum atomic E-state index is 2.62. The van der Waals surface area contributed by atoms with Gasteiger partial charge in [0.25, 0.3) is 0 Å². The van der Waals surface area contributed by atoms with E-state index in [9.17, 15) is 0 Å². The van der Waals surface area contributed by atoms with Crippen molar-refractivity contribution in [3.8, 4) is 0 Å². The molecule has 0 aliphatic carbocycles. The van der Waals surface area contributed by atoms with Gasteiger partial charge < -0.3 is 4.90 Å². The Morgan fingerprint density at radius 1 is 0.783 bits per heavy atom. The Morgan fingerprint density at radius 2 is 1.26 bits per heavy atom. The average molecular weight is 775 g/mol. The Hall–Kier alpha value is 2.80. The number of halogens is 4. The van der Waals surface area contributed by atoms with Crippen LogP contribution in [-0.2, 0) is 0 Å². The Balaban J connectivity index is 3.87. The minimum absolute atomic E-state index is 0.238. The topological polar surface area (TPSA) is 9.72 Å². The van der Waals surface area contributed by atoms with E-state index in [4.69, 9.17) is 0 Å². The Bertz CT molecular complexity index is 308. The summed E-state index contributed by atoms with van der Waals surface area (Å²) in [5.74, 6) is 0. The minimum atomic E-state index is 0.238. The van der Waals surface area contributed by atoms with Gasteiger partial charge in [0, 0.05) is 58.8 Å². The summed E-state index contributed by atoms with van der Waals surface area (Å²) in [6.45, 7) is 13.9. The minimum Gasteiger partial charge on any atom is -0.306 e. The van der Waals surface area contributed by atoms with E-state index in [0.717, 1.165) is 6.54 Å². The van der Waals surface area contributed by atoms with Crippen LogP contribution in [0, 0.1) is 0 Å². The fourth-order valence-electron chi connectivity index (χ4n) is 2.19. The predicted octanol–water partition coefficient (Wildman–Crippen LogP) is 6.51. The van der Waals surface area contributed by atoms with Crippen molar-refractivity contribution in [1.29, 1.82) is 0 Å². The van der Waals surface area contributed by atoms with Crippen molar-refractivity contribution in [1.82, 2.24) is 11.1 Å². The summed E-state index contributed by atoms with van der Waals surface area (Å²) in [5.41, 5.74) is 0. The second-order valence-corrected chi connectivity index (χ2v) is 14.1. The van der Waals surface area contributed by atoms with Crippen LogP contribution < -0.4 is 0 Å². The molecule has 23 heavy (non-hydrogen) atoms. The Morgan fingerprint density at radius 3 is 1.70 bits per heavy atom. The summed E-state index contributed by atoms with van der Waals surface area (Å²) in [4.78, 5) is 2.48. The highest BCUT2D eigenvalue weighted by molar-refractivity contribution is 14.1. The fraction of sp³-hybridized carbons (Fsp3) is 1.00. The molecule has 0 fully saturated rings. The maximum Gasteiger partial charge on any atom is 0.0790 e. The molecule has 7 heteroatoms. The van der Waals surface area contributed by atoms with Crippen molar-refractivity contribution < 1.29 is 0 Å². The fourth-order valence-corrected chi connectivity index (χ4v) is 3.98. The van der Waals surface area contributed by atoms with E-state index in [1.54, 1.807) is 0 Å². The molecule has 0 aromatic heterocycles. The second kappa shape index (κ2) is 13.1. The molecule has 0 aromatic rings. The molecule has 0 saturated carbocycles. The lowest BCUT2D eigenvalue weighted by molar-refractivity contribution is 0.282. The molecule has 0 saturated heterocycles. The first-order valence-corrected chi connectivity index (χ1v) is 12.5. The number of rotatable bonds is 13. The van der Waals surface area contributed by atoms with Crippen LogP contribution >= 0.6 is 90.9 Å². The number of hydrogen-bond acceptors (Lipinski definition) is 3. The van der Waals surface area contributed by atoms with Gasteiger partial charge in [-0.3, -0.25) is 0 Å². The lowest BCUT2D eigenvalue weighted by Crippen LogP contribution is -2.36. The molecule has 0 rings (SSSR count). The Kier molecular flexibility index (Phi) is 14.6. The van der Waals surface area contributed by atoms with Crippen LogP contribution in [0.5, 0.6) is 0 Å². The first-order valence-electron chi connectivity index (χ1n) is 8.44. The summed E-state index contributed by atoms with van der Waals surface area (Å²) < 4.78 is 5.43. The molecule has 1 unspecified atom stereocenters. The zero-order chi connectivity index (χ0) is 18.1. The van der Waals surface area contributed by atoms with Gasteiger partial charge in [0.05, 0.1) is 7.09 Å². The largest absolute Gasteiger partial charge is 0.306 e. The van der Waals surface area contributed by atoms with Gasteiger partial charge in [0.2, 0.25) is 0 Å². The van der Waals surface area contributed by atoms with Crippen LogP contribution in [0.15, 0.2) is 0 Å². The van der Waals surface area contributed by atoms with E-state index in [1.165, 1.54) is 51.7 Å². The van der Waals surface area contributed by atoms with Crippen molar-refractivity contribution in [3.63, 3.8) is 0 Å². The van der Waals surface area contributed by atoms with Crippen LogP contribution in [0.2, 0.25) is 0 Å². The number of hydrogen-bond donors (Lipinski definition) is 0. The highest BCUT2D eigenvalue weighted by Crippen LogP contribution is 2.32.